The number of carbonyl (C=O) groups is 1. The molecule has 0 aliphatic heterocycles. The predicted octanol–water partition coefficient (Wildman–Crippen LogP) is 2.08. The summed E-state index contributed by atoms with van der Waals surface area (Å²) in [5, 5.41) is 11.0. The molecule has 0 radical (unpaired) electrons. The first-order chi connectivity index (χ1) is 13.5. The lowest BCUT2D eigenvalue weighted by Crippen LogP contribution is -2.46. The average molecular weight is 386 g/mol. The lowest BCUT2D eigenvalue weighted by Gasteiger charge is -2.18. The molecule has 0 atom stereocenters. The van der Waals surface area contributed by atoms with Crippen molar-refractivity contribution in [1.82, 2.24) is 25.3 Å². The highest BCUT2D eigenvalue weighted by Gasteiger charge is 2.17. The Balaban J connectivity index is 1.65. The number of rotatable bonds is 6. The maximum atomic E-state index is 13.1. The largest absolute Gasteiger partial charge is 0.354 e. The van der Waals surface area contributed by atoms with E-state index in [0.29, 0.717) is 18.5 Å². The van der Waals surface area contributed by atoms with Gasteiger partial charge in [-0.25, -0.2) is 14.1 Å². The fraction of sp³-hybridized carbons (Fsp3) is 0.450. The third-order valence-corrected chi connectivity index (χ3v) is 4.74. The average Bonchev–Trinajstić information content (AvgIpc) is 3.36. The molecular formula is C20H27FN6O. The summed E-state index contributed by atoms with van der Waals surface area (Å²) in [6.07, 6.45) is 6.47. The van der Waals surface area contributed by atoms with Gasteiger partial charge in [0.25, 0.3) is 0 Å². The quantitative estimate of drug-likeness (QED) is 0.589. The van der Waals surface area contributed by atoms with Crippen LogP contribution in [0.4, 0.5) is 4.39 Å². The van der Waals surface area contributed by atoms with Gasteiger partial charge in [-0.05, 0) is 43.2 Å². The van der Waals surface area contributed by atoms with E-state index in [4.69, 9.17) is 0 Å². The van der Waals surface area contributed by atoms with Gasteiger partial charge in [-0.15, -0.1) is 0 Å². The van der Waals surface area contributed by atoms with Crippen molar-refractivity contribution < 1.29 is 9.18 Å². The van der Waals surface area contributed by atoms with Crippen molar-refractivity contribution in [3.05, 3.63) is 48.0 Å². The van der Waals surface area contributed by atoms with Crippen molar-refractivity contribution in [3.63, 3.8) is 0 Å². The van der Waals surface area contributed by atoms with Crippen LogP contribution in [0.3, 0.4) is 0 Å². The smallest absolute Gasteiger partial charge is 0.241 e. The fourth-order valence-electron chi connectivity index (χ4n) is 3.08. The molecule has 150 valence electrons. The van der Waals surface area contributed by atoms with E-state index in [2.05, 4.69) is 20.7 Å². The van der Waals surface area contributed by atoms with E-state index in [1.54, 1.807) is 35.8 Å². The normalized spacial score (nSPS) is 14.9. The first-order valence-electron chi connectivity index (χ1n) is 9.57. The highest BCUT2D eigenvalue weighted by molar-refractivity contribution is 5.86. The zero-order chi connectivity index (χ0) is 19.9. The van der Waals surface area contributed by atoms with E-state index >= 15 is 0 Å². The Morgan fingerprint density at radius 3 is 2.64 bits per heavy atom. The van der Waals surface area contributed by atoms with Crippen LogP contribution in [0.2, 0.25) is 0 Å². The van der Waals surface area contributed by atoms with Crippen LogP contribution in [0, 0.1) is 5.82 Å². The summed E-state index contributed by atoms with van der Waals surface area (Å²) in [6, 6.07) is 8.44. The maximum Gasteiger partial charge on any atom is 0.241 e. The van der Waals surface area contributed by atoms with Crippen LogP contribution < -0.4 is 10.6 Å². The number of amides is 1. The van der Waals surface area contributed by atoms with Gasteiger partial charge in [0.1, 0.15) is 5.82 Å². The van der Waals surface area contributed by atoms with Crippen LogP contribution in [-0.2, 0) is 11.3 Å². The molecule has 2 aromatic rings. The Labute approximate surface area is 164 Å². The Kier molecular flexibility index (Phi) is 6.62. The zero-order valence-corrected chi connectivity index (χ0v) is 16.4. The number of hydrogen-bond donors (Lipinski definition) is 2. The van der Waals surface area contributed by atoms with Crippen molar-refractivity contribution in [2.45, 2.75) is 38.3 Å². The summed E-state index contributed by atoms with van der Waals surface area (Å²) in [5.41, 5.74) is 1.58. The molecule has 7 nitrogen and oxygen atoms in total. The topological polar surface area (TPSA) is 74.5 Å². The second-order valence-corrected chi connectivity index (χ2v) is 7.16. The fourth-order valence-corrected chi connectivity index (χ4v) is 3.08. The van der Waals surface area contributed by atoms with E-state index in [-0.39, 0.29) is 18.3 Å². The maximum absolute atomic E-state index is 13.1. The number of benzene rings is 1. The number of hydrogen-bond acceptors (Lipinski definition) is 3. The number of halogens is 1. The van der Waals surface area contributed by atoms with Gasteiger partial charge < -0.3 is 15.5 Å². The second kappa shape index (κ2) is 9.34. The van der Waals surface area contributed by atoms with Gasteiger partial charge in [0.2, 0.25) is 5.91 Å². The summed E-state index contributed by atoms with van der Waals surface area (Å²) in [5.74, 6) is 0.335. The van der Waals surface area contributed by atoms with Crippen LogP contribution in [0.25, 0.3) is 5.69 Å². The molecule has 8 heteroatoms. The summed E-state index contributed by atoms with van der Waals surface area (Å²) < 4.78 is 14.8. The minimum absolute atomic E-state index is 0.0125. The van der Waals surface area contributed by atoms with Gasteiger partial charge in [0.15, 0.2) is 5.96 Å². The molecule has 2 N–H and O–H groups in total. The lowest BCUT2D eigenvalue weighted by atomic mass is 10.2. The number of aromatic nitrogens is 2. The zero-order valence-electron chi connectivity index (χ0n) is 16.4. The van der Waals surface area contributed by atoms with Crippen molar-refractivity contribution in [2.24, 2.45) is 4.99 Å². The summed E-state index contributed by atoms with van der Waals surface area (Å²) >= 11 is 0. The number of guanidine groups is 1. The summed E-state index contributed by atoms with van der Waals surface area (Å²) in [6.45, 7) is 0.571. The first kappa shape index (κ1) is 19.9. The molecule has 0 spiro atoms. The summed E-state index contributed by atoms with van der Waals surface area (Å²) in [4.78, 5) is 18.0. The first-order valence-corrected chi connectivity index (χ1v) is 9.57. The van der Waals surface area contributed by atoms with E-state index in [9.17, 15) is 9.18 Å². The van der Waals surface area contributed by atoms with Crippen molar-refractivity contribution in [1.29, 1.82) is 0 Å². The Morgan fingerprint density at radius 1 is 1.25 bits per heavy atom. The second-order valence-electron chi connectivity index (χ2n) is 7.16. The van der Waals surface area contributed by atoms with Crippen LogP contribution >= 0.6 is 0 Å². The third-order valence-electron chi connectivity index (χ3n) is 4.74. The monoisotopic (exact) mass is 386 g/mol. The highest BCUT2D eigenvalue weighted by atomic mass is 19.1. The number of nitrogens with zero attached hydrogens (tertiary/aromatic N) is 4. The van der Waals surface area contributed by atoms with Crippen LogP contribution in [0.5, 0.6) is 0 Å². The molecule has 1 saturated carbocycles. The van der Waals surface area contributed by atoms with Crippen molar-refractivity contribution >= 4 is 11.9 Å². The Morgan fingerprint density at radius 2 is 1.96 bits per heavy atom. The molecule has 3 rings (SSSR count). The molecule has 1 aliphatic carbocycles. The van der Waals surface area contributed by atoms with Gasteiger partial charge >= 0.3 is 0 Å². The molecule has 1 aromatic heterocycles. The lowest BCUT2D eigenvalue weighted by molar-refractivity contribution is -0.127. The Bertz CT molecular complexity index is 808. The molecule has 1 heterocycles. The van der Waals surface area contributed by atoms with E-state index < -0.39 is 0 Å². The van der Waals surface area contributed by atoms with Gasteiger partial charge in [-0.1, -0.05) is 12.8 Å². The van der Waals surface area contributed by atoms with Gasteiger partial charge in [0, 0.05) is 26.3 Å². The minimum Gasteiger partial charge on any atom is -0.354 e. The standard InChI is InChI=1S/C20H27FN6O/c1-26(2)19(28)14-23-20(24-16-5-3-4-6-16)22-13-17-11-12-27(25-17)18-9-7-15(21)8-10-18/h7-12,16H,3-6,13-14H2,1-2H3,(H2,22,23,24). The molecule has 1 amide bonds. The van der Waals surface area contributed by atoms with Gasteiger partial charge in [0.05, 0.1) is 24.5 Å². The molecular weight excluding hydrogens is 359 g/mol. The molecule has 1 aliphatic rings. The SMILES string of the molecule is CN(C)C(=O)CNC(=NCc1ccn(-c2ccc(F)cc2)n1)NC1CCCC1. The third kappa shape index (κ3) is 5.55. The van der Waals surface area contributed by atoms with Crippen molar-refractivity contribution in [2.75, 3.05) is 20.6 Å². The highest BCUT2D eigenvalue weighted by Crippen LogP contribution is 2.17. The molecule has 0 saturated heterocycles. The molecule has 1 fully saturated rings. The molecule has 28 heavy (non-hydrogen) atoms. The van der Waals surface area contributed by atoms with Gasteiger partial charge in [-0.3, -0.25) is 4.79 Å². The number of carbonyl (C=O) groups excluding carboxylic acids is 1. The van der Waals surface area contributed by atoms with Gasteiger partial charge in [-0.2, -0.15) is 5.10 Å². The summed E-state index contributed by atoms with van der Waals surface area (Å²) in [7, 11) is 3.46. The van der Waals surface area contributed by atoms with E-state index in [0.717, 1.165) is 24.2 Å². The van der Waals surface area contributed by atoms with Crippen LogP contribution in [0.15, 0.2) is 41.5 Å². The van der Waals surface area contributed by atoms with Crippen molar-refractivity contribution in [3.8, 4) is 5.69 Å². The van der Waals surface area contributed by atoms with Crippen LogP contribution in [0.1, 0.15) is 31.4 Å². The van der Waals surface area contributed by atoms with E-state index in [1.165, 1.54) is 25.0 Å². The van der Waals surface area contributed by atoms with E-state index in [1.807, 2.05) is 12.3 Å². The number of likely N-dealkylation sites (N-methyl/N-ethyl adjacent to an activating group) is 1. The molecule has 0 bridgehead atoms. The van der Waals surface area contributed by atoms with Crippen LogP contribution in [-0.4, -0.2) is 53.2 Å². The number of aliphatic imine (C=N–C) groups is 1. The predicted molar refractivity (Wildman–Crippen MR) is 107 cm³/mol. The number of nitrogens with one attached hydrogen (secondary N) is 2. The minimum atomic E-state index is -0.276. The molecule has 0 unspecified atom stereocenters. The Hall–Kier alpha value is -2.90. The molecule has 1 aromatic carbocycles.